The number of anilines is 1. The molecular formula is C44H39ClFN5O4. The summed E-state index contributed by atoms with van der Waals surface area (Å²) < 4.78 is 35.9. The summed E-state index contributed by atoms with van der Waals surface area (Å²) >= 11 is 6.87. The van der Waals surface area contributed by atoms with Crippen molar-refractivity contribution in [2.75, 3.05) is 18.6 Å². The molecule has 11 heteroatoms. The highest BCUT2D eigenvalue weighted by Gasteiger charge is 2.57. The number of halogens is 2. The Balaban J connectivity index is 1.18. The van der Waals surface area contributed by atoms with E-state index in [0.717, 1.165) is 27.8 Å². The maximum absolute atomic E-state index is 15.5. The molecule has 0 saturated carbocycles. The first-order valence-corrected chi connectivity index (χ1v) is 18.4. The van der Waals surface area contributed by atoms with Crippen molar-refractivity contribution in [2.24, 2.45) is 0 Å². The summed E-state index contributed by atoms with van der Waals surface area (Å²) in [5.74, 6) is 0.197. The van der Waals surface area contributed by atoms with Crippen LogP contribution in [0.25, 0.3) is 11.2 Å². The second kappa shape index (κ2) is 16.1. The zero-order valence-corrected chi connectivity index (χ0v) is 30.5. The smallest absolute Gasteiger partial charge is 0.227 e. The average Bonchev–Trinajstić information content (AvgIpc) is 3.79. The lowest BCUT2D eigenvalue weighted by atomic mass is 9.77. The number of hydrogen-bond acceptors (Lipinski definition) is 8. The van der Waals surface area contributed by atoms with Crippen molar-refractivity contribution in [1.82, 2.24) is 19.5 Å². The van der Waals surface area contributed by atoms with Crippen LogP contribution in [0.4, 0.5) is 10.3 Å². The maximum atomic E-state index is 15.5. The molecule has 5 aromatic carbocycles. The molecule has 4 atom stereocenters. The standard InChI is InChI=1S/C44H39ClFN5O4/c45-39-36-40(49-42(48-39)50-44(33-20-10-3-11-21-33,34-22-12-4-13-23-34)35-24-14-5-15-25-35)51(30-47-36)41-37(52)38(54-27-32-18-8-2-9-19-32)43(28-46,55-41)29-53-26-31-16-6-1-7-17-31/h1-25,30,37-38,41,52H,26-29H2,(H,48,49,50)/t37-,38+,41-,43-/m1/s1. The Hall–Kier alpha value is -5.49. The van der Waals surface area contributed by atoms with E-state index in [0.29, 0.717) is 0 Å². The fraction of sp³-hybridized carbons (Fsp3) is 0.205. The monoisotopic (exact) mass is 755 g/mol. The highest BCUT2D eigenvalue weighted by Crippen LogP contribution is 2.43. The summed E-state index contributed by atoms with van der Waals surface area (Å²) in [5.41, 5.74) is 2.54. The first kappa shape index (κ1) is 36.5. The van der Waals surface area contributed by atoms with Gasteiger partial charge in [0.1, 0.15) is 29.9 Å². The Morgan fingerprint density at radius 2 is 1.25 bits per heavy atom. The molecule has 2 aromatic heterocycles. The molecule has 0 radical (unpaired) electrons. The van der Waals surface area contributed by atoms with Crippen LogP contribution in [0.5, 0.6) is 0 Å². The number of aliphatic hydroxyl groups excluding tert-OH is 1. The predicted octanol–water partition coefficient (Wildman–Crippen LogP) is 8.28. The van der Waals surface area contributed by atoms with Gasteiger partial charge in [0.2, 0.25) is 5.95 Å². The Labute approximate surface area is 323 Å². The summed E-state index contributed by atoms with van der Waals surface area (Å²) in [4.78, 5) is 14.2. The van der Waals surface area contributed by atoms with Crippen LogP contribution in [0.15, 0.2) is 158 Å². The normalized spacial score (nSPS) is 19.8. The van der Waals surface area contributed by atoms with Crippen molar-refractivity contribution < 1.29 is 23.7 Å². The highest BCUT2D eigenvalue weighted by atomic mass is 35.5. The third kappa shape index (κ3) is 7.23. The summed E-state index contributed by atoms with van der Waals surface area (Å²) in [5, 5.41) is 15.7. The topological polar surface area (TPSA) is 104 Å². The molecule has 8 rings (SSSR count). The van der Waals surface area contributed by atoms with Gasteiger partial charge in [0.15, 0.2) is 22.6 Å². The van der Waals surface area contributed by atoms with Gasteiger partial charge >= 0.3 is 0 Å². The number of nitrogens with one attached hydrogen (secondary N) is 1. The summed E-state index contributed by atoms with van der Waals surface area (Å²) in [6.45, 7) is -0.839. The van der Waals surface area contributed by atoms with E-state index >= 15 is 4.39 Å². The number of nitrogens with zero attached hydrogens (tertiary/aromatic N) is 4. The predicted molar refractivity (Wildman–Crippen MR) is 209 cm³/mol. The quantitative estimate of drug-likeness (QED) is 0.0845. The number of ether oxygens (including phenoxy) is 3. The highest BCUT2D eigenvalue weighted by molar-refractivity contribution is 6.33. The van der Waals surface area contributed by atoms with Gasteiger partial charge in [-0.05, 0) is 27.8 Å². The molecule has 2 N–H and O–H groups in total. The Morgan fingerprint density at radius 3 is 1.78 bits per heavy atom. The molecule has 9 nitrogen and oxygen atoms in total. The zero-order valence-electron chi connectivity index (χ0n) is 29.8. The third-order valence-corrected chi connectivity index (χ3v) is 10.3. The molecule has 0 amide bonds. The van der Waals surface area contributed by atoms with Crippen molar-refractivity contribution in [3.8, 4) is 0 Å². The molecule has 278 valence electrons. The molecule has 0 aliphatic carbocycles. The van der Waals surface area contributed by atoms with E-state index in [9.17, 15) is 5.11 Å². The second-order valence-corrected chi connectivity index (χ2v) is 13.9. The van der Waals surface area contributed by atoms with E-state index in [4.69, 9.17) is 30.8 Å². The van der Waals surface area contributed by atoms with Crippen molar-refractivity contribution in [3.05, 3.63) is 191 Å². The molecule has 1 saturated heterocycles. The van der Waals surface area contributed by atoms with Crippen LogP contribution >= 0.6 is 11.6 Å². The van der Waals surface area contributed by atoms with E-state index in [1.54, 1.807) is 4.57 Å². The van der Waals surface area contributed by atoms with Crippen molar-refractivity contribution in [3.63, 3.8) is 0 Å². The van der Waals surface area contributed by atoms with Gasteiger partial charge in [-0.1, -0.05) is 163 Å². The molecule has 55 heavy (non-hydrogen) atoms. The van der Waals surface area contributed by atoms with Crippen LogP contribution in [0.1, 0.15) is 34.0 Å². The van der Waals surface area contributed by atoms with Gasteiger partial charge in [-0.2, -0.15) is 9.97 Å². The van der Waals surface area contributed by atoms with Gasteiger partial charge in [0.25, 0.3) is 0 Å². The van der Waals surface area contributed by atoms with Crippen LogP contribution in [0.3, 0.4) is 0 Å². The van der Waals surface area contributed by atoms with E-state index in [1.807, 2.05) is 152 Å². The van der Waals surface area contributed by atoms with E-state index in [2.05, 4.69) is 15.3 Å². The Kier molecular flexibility index (Phi) is 10.7. The number of benzene rings is 5. The number of fused-ring (bicyclic) bond motifs is 1. The largest absolute Gasteiger partial charge is 0.386 e. The van der Waals surface area contributed by atoms with Gasteiger partial charge in [-0.15, -0.1) is 0 Å². The average molecular weight is 756 g/mol. The Bertz CT molecular complexity index is 2210. The van der Waals surface area contributed by atoms with Gasteiger partial charge in [-0.25, -0.2) is 9.37 Å². The van der Waals surface area contributed by atoms with Gasteiger partial charge in [0.05, 0.1) is 26.1 Å². The Morgan fingerprint density at radius 1 is 0.745 bits per heavy atom. The minimum atomic E-state index is -1.66. The SMILES string of the molecule is O[C@H]1[C@H](n2cnc3c(Cl)nc(NC(c4ccccc4)(c4ccccc4)c4ccccc4)nc32)O[C@](CF)(COCc2ccccc2)[C@H]1OCc1ccccc1. The second-order valence-electron chi connectivity index (χ2n) is 13.5. The molecule has 1 fully saturated rings. The van der Waals surface area contributed by atoms with E-state index in [1.165, 1.54) is 6.33 Å². The van der Waals surface area contributed by atoms with Gasteiger partial charge in [-0.3, -0.25) is 4.57 Å². The first-order chi connectivity index (χ1) is 27.0. The van der Waals surface area contributed by atoms with Crippen LogP contribution in [-0.2, 0) is 33.0 Å². The van der Waals surface area contributed by atoms with Crippen molar-refractivity contribution in [2.45, 2.75) is 42.8 Å². The van der Waals surface area contributed by atoms with Crippen molar-refractivity contribution in [1.29, 1.82) is 0 Å². The molecule has 0 spiro atoms. The minimum absolute atomic E-state index is 0.0849. The third-order valence-electron chi connectivity index (χ3n) is 10.0. The van der Waals surface area contributed by atoms with Crippen molar-refractivity contribution >= 4 is 28.7 Å². The van der Waals surface area contributed by atoms with Crippen LogP contribution in [-0.4, -0.2) is 55.7 Å². The number of hydrogen-bond donors (Lipinski definition) is 2. The van der Waals surface area contributed by atoms with E-state index in [-0.39, 0.29) is 42.1 Å². The summed E-state index contributed by atoms with van der Waals surface area (Å²) in [6.07, 6.45) is -2.16. The van der Waals surface area contributed by atoms with Crippen LogP contribution in [0.2, 0.25) is 5.15 Å². The number of aliphatic hydroxyl groups is 1. The lowest BCUT2D eigenvalue weighted by Gasteiger charge is -2.37. The molecule has 1 aliphatic rings. The first-order valence-electron chi connectivity index (χ1n) is 18.0. The number of imidazole rings is 1. The molecule has 1 aliphatic heterocycles. The van der Waals surface area contributed by atoms with Crippen LogP contribution < -0.4 is 5.32 Å². The molecule has 7 aromatic rings. The van der Waals surface area contributed by atoms with Crippen LogP contribution in [0, 0.1) is 0 Å². The fourth-order valence-electron chi connectivity index (χ4n) is 7.32. The summed E-state index contributed by atoms with van der Waals surface area (Å²) in [7, 11) is 0. The van der Waals surface area contributed by atoms with Gasteiger partial charge in [0, 0.05) is 0 Å². The lowest BCUT2D eigenvalue weighted by molar-refractivity contribution is -0.164. The number of alkyl halides is 1. The molecule has 0 bridgehead atoms. The lowest BCUT2D eigenvalue weighted by Crippen LogP contribution is -2.50. The molecular weight excluding hydrogens is 717 g/mol. The molecule has 0 unspecified atom stereocenters. The number of rotatable bonds is 14. The fourth-order valence-corrected chi connectivity index (χ4v) is 7.53. The number of aromatic nitrogens is 4. The zero-order chi connectivity index (χ0) is 37.7. The maximum Gasteiger partial charge on any atom is 0.227 e. The minimum Gasteiger partial charge on any atom is -0.386 e. The van der Waals surface area contributed by atoms with Gasteiger partial charge < -0.3 is 24.6 Å². The van der Waals surface area contributed by atoms with E-state index < -0.39 is 36.3 Å². The molecule has 3 heterocycles. The summed E-state index contributed by atoms with van der Waals surface area (Å²) in [6, 6.07) is 49.2.